The Bertz CT molecular complexity index is 440. The van der Waals surface area contributed by atoms with Gasteiger partial charge in [-0.25, -0.2) is 4.79 Å². The number of hydrogen-bond acceptors (Lipinski definition) is 3. The Kier molecular flexibility index (Phi) is 3.27. The minimum absolute atomic E-state index is 0.0142. The number of anilines is 1. The van der Waals surface area contributed by atoms with Crippen LogP contribution >= 0.6 is 0 Å². The molecule has 90 valence electrons. The van der Waals surface area contributed by atoms with Crippen LogP contribution in [-0.4, -0.2) is 23.6 Å². The van der Waals surface area contributed by atoms with Crippen LogP contribution in [-0.2, 0) is 9.59 Å². The average Bonchev–Trinajstić information content (AvgIpc) is 3.10. The Hall–Kier alpha value is -2.04. The van der Waals surface area contributed by atoms with E-state index in [1.807, 2.05) is 0 Å². The van der Waals surface area contributed by atoms with Crippen molar-refractivity contribution in [2.75, 3.05) is 11.9 Å². The topological polar surface area (TPSA) is 75.6 Å². The smallest absolute Gasteiger partial charge is 0.341 e. The van der Waals surface area contributed by atoms with Crippen molar-refractivity contribution in [2.24, 2.45) is 5.92 Å². The number of carboxylic acids is 1. The maximum Gasteiger partial charge on any atom is 0.341 e. The van der Waals surface area contributed by atoms with E-state index in [2.05, 4.69) is 5.32 Å². The van der Waals surface area contributed by atoms with Crippen LogP contribution in [0.1, 0.15) is 12.8 Å². The number of hydrogen-bond donors (Lipinski definition) is 2. The van der Waals surface area contributed by atoms with Gasteiger partial charge >= 0.3 is 5.97 Å². The van der Waals surface area contributed by atoms with Crippen LogP contribution in [0.25, 0.3) is 0 Å². The van der Waals surface area contributed by atoms with E-state index in [0.29, 0.717) is 11.4 Å². The highest BCUT2D eigenvalue weighted by Crippen LogP contribution is 2.30. The molecule has 0 spiro atoms. The molecule has 0 aliphatic heterocycles. The highest BCUT2D eigenvalue weighted by molar-refractivity contribution is 5.94. The third-order valence-corrected chi connectivity index (χ3v) is 2.41. The first-order chi connectivity index (χ1) is 8.15. The molecule has 1 saturated carbocycles. The van der Waals surface area contributed by atoms with Gasteiger partial charge in [-0.15, -0.1) is 0 Å². The fourth-order valence-corrected chi connectivity index (χ4v) is 1.40. The third kappa shape index (κ3) is 3.48. The van der Waals surface area contributed by atoms with Crippen LogP contribution in [0, 0.1) is 5.92 Å². The molecule has 2 N–H and O–H groups in total. The molecule has 5 heteroatoms. The van der Waals surface area contributed by atoms with E-state index in [1.54, 1.807) is 24.3 Å². The number of amides is 1. The lowest BCUT2D eigenvalue weighted by Gasteiger charge is -2.07. The molecule has 17 heavy (non-hydrogen) atoms. The zero-order valence-electron chi connectivity index (χ0n) is 9.18. The van der Waals surface area contributed by atoms with Crippen LogP contribution in [0.4, 0.5) is 5.69 Å². The van der Waals surface area contributed by atoms with E-state index >= 15 is 0 Å². The summed E-state index contributed by atoms with van der Waals surface area (Å²) >= 11 is 0. The molecule has 1 fully saturated rings. The van der Waals surface area contributed by atoms with Gasteiger partial charge < -0.3 is 15.2 Å². The molecule has 0 bridgehead atoms. The summed E-state index contributed by atoms with van der Waals surface area (Å²) in [6.07, 6.45) is 1.89. The zero-order valence-corrected chi connectivity index (χ0v) is 9.18. The molecule has 0 atom stereocenters. The summed E-state index contributed by atoms with van der Waals surface area (Å²) in [6.45, 7) is -0.389. The standard InChI is InChI=1S/C12H13NO4/c14-11(15)7-17-10-3-1-2-9(6-10)13-12(16)8-4-5-8/h1-3,6,8H,4-5,7H2,(H,13,16)(H,14,15). The SMILES string of the molecule is O=C(O)COc1cccc(NC(=O)C2CC2)c1. The summed E-state index contributed by atoms with van der Waals surface area (Å²) in [7, 11) is 0. The number of benzene rings is 1. The van der Waals surface area contributed by atoms with Gasteiger partial charge in [-0.1, -0.05) is 6.07 Å². The van der Waals surface area contributed by atoms with Crippen LogP contribution in [0.5, 0.6) is 5.75 Å². The monoisotopic (exact) mass is 235 g/mol. The number of nitrogens with one attached hydrogen (secondary N) is 1. The minimum atomic E-state index is -1.03. The van der Waals surface area contributed by atoms with Crippen LogP contribution in [0.2, 0.25) is 0 Å². The van der Waals surface area contributed by atoms with E-state index in [4.69, 9.17) is 9.84 Å². The quantitative estimate of drug-likeness (QED) is 0.810. The molecule has 0 radical (unpaired) electrons. The van der Waals surface area contributed by atoms with E-state index in [9.17, 15) is 9.59 Å². The molecular weight excluding hydrogens is 222 g/mol. The zero-order chi connectivity index (χ0) is 12.3. The molecule has 1 aliphatic carbocycles. The molecule has 0 unspecified atom stereocenters. The summed E-state index contributed by atoms with van der Waals surface area (Å²) in [5.74, 6) is -0.447. The number of aliphatic carboxylic acids is 1. The van der Waals surface area contributed by atoms with Gasteiger partial charge in [0.2, 0.25) is 5.91 Å². The summed E-state index contributed by atoms with van der Waals surface area (Å²) in [4.78, 5) is 21.8. The van der Waals surface area contributed by atoms with Gasteiger partial charge in [-0.2, -0.15) is 0 Å². The van der Waals surface area contributed by atoms with Gasteiger partial charge in [0, 0.05) is 17.7 Å². The second kappa shape index (κ2) is 4.86. The fraction of sp³-hybridized carbons (Fsp3) is 0.333. The molecule has 2 rings (SSSR count). The van der Waals surface area contributed by atoms with Gasteiger partial charge in [0.1, 0.15) is 5.75 Å². The Labute approximate surface area is 98.4 Å². The van der Waals surface area contributed by atoms with Crippen molar-refractivity contribution in [1.82, 2.24) is 0 Å². The van der Waals surface area contributed by atoms with Gasteiger partial charge in [0.15, 0.2) is 6.61 Å². The Morgan fingerprint density at radius 3 is 2.82 bits per heavy atom. The van der Waals surface area contributed by atoms with Crippen molar-refractivity contribution in [3.63, 3.8) is 0 Å². The van der Waals surface area contributed by atoms with E-state index < -0.39 is 5.97 Å². The molecule has 1 aromatic carbocycles. The average molecular weight is 235 g/mol. The van der Waals surface area contributed by atoms with Crippen LogP contribution in [0.3, 0.4) is 0 Å². The largest absolute Gasteiger partial charge is 0.482 e. The Morgan fingerprint density at radius 1 is 1.41 bits per heavy atom. The number of carbonyl (C=O) groups is 2. The summed E-state index contributed by atoms with van der Waals surface area (Å²) in [5, 5.41) is 11.2. The molecule has 1 aliphatic rings. The van der Waals surface area contributed by atoms with Crippen molar-refractivity contribution in [1.29, 1.82) is 0 Å². The molecule has 5 nitrogen and oxygen atoms in total. The van der Waals surface area contributed by atoms with Crippen LogP contribution < -0.4 is 10.1 Å². The van der Waals surface area contributed by atoms with Gasteiger partial charge in [-0.3, -0.25) is 4.79 Å². The molecule has 0 aromatic heterocycles. The lowest BCUT2D eigenvalue weighted by molar-refractivity contribution is -0.139. The Balaban J connectivity index is 1.95. The first kappa shape index (κ1) is 11.4. The molecule has 1 aromatic rings. The van der Waals surface area contributed by atoms with Gasteiger partial charge in [-0.05, 0) is 25.0 Å². The van der Waals surface area contributed by atoms with Gasteiger partial charge in [0.25, 0.3) is 0 Å². The third-order valence-electron chi connectivity index (χ3n) is 2.41. The highest BCUT2D eigenvalue weighted by Gasteiger charge is 2.29. The maximum atomic E-state index is 11.5. The first-order valence-electron chi connectivity index (χ1n) is 5.40. The predicted molar refractivity (Wildman–Crippen MR) is 60.9 cm³/mol. The Morgan fingerprint density at radius 2 is 2.18 bits per heavy atom. The normalized spacial score (nSPS) is 14.1. The first-order valence-corrected chi connectivity index (χ1v) is 5.40. The predicted octanol–water partition coefficient (Wildman–Crippen LogP) is 1.50. The van der Waals surface area contributed by atoms with Crippen molar-refractivity contribution in [2.45, 2.75) is 12.8 Å². The lowest BCUT2D eigenvalue weighted by atomic mass is 10.3. The second-order valence-electron chi connectivity index (χ2n) is 3.97. The van der Waals surface area contributed by atoms with E-state index in [0.717, 1.165) is 12.8 Å². The van der Waals surface area contributed by atoms with Crippen molar-refractivity contribution in [3.05, 3.63) is 24.3 Å². The molecular formula is C12H13NO4. The number of ether oxygens (including phenoxy) is 1. The molecule has 0 heterocycles. The summed E-state index contributed by atoms with van der Waals surface area (Å²) in [6, 6.07) is 6.71. The number of rotatable bonds is 5. The summed E-state index contributed by atoms with van der Waals surface area (Å²) in [5.41, 5.74) is 0.629. The van der Waals surface area contributed by atoms with Gasteiger partial charge in [0.05, 0.1) is 0 Å². The number of carbonyl (C=O) groups excluding carboxylic acids is 1. The van der Waals surface area contributed by atoms with Crippen molar-refractivity contribution < 1.29 is 19.4 Å². The second-order valence-corrected chi connectivity index (χ2v) is 3.97. The molecule has 1 amide bonds. The maximum absolute atomic E-state index is 11.5. The highest BCUT2D eigenvalue weighted by atomic mass is 16.5. The van der Waals surface area contributed by atoms with Crippen LogP contribution in [0.15, 0.2) is 24.3 Å². The van der Waals surface area contributed by atoms with E-state index in [1.165, 1.54) is 0 Å². The van der Waals surface area contributed by atoms with Crippen molar-refractivity contribution in [3.8, 4) is 5.75 Å². The van der Waals surface area contributed by atoms with E-state index in [-0.39, 0.29) is 18.4 Å². The fourth-order valence-electron chi connectivity index (χ4n) is 1.40. The number of carboxylic acid groups (broad SMARTS) is 1. The minimum Gasteiger partial charge on any atom is -0.482 e. The van der Waals surface area contributed by atoms with Crippen molar-refractivity contribution >= 4 is 17.6 Å². The summed E-state index contributed by atoms with van der Waals surface area (Å²) < 4.78 is 5.01. The lowest BCUT2D eigenvalue weighted by Crippen LogP contribution is -2.13. The molecule has 0 saturated heterocycles.